The van der Waals surface area contributed by atoms with Crippen LogP contribution in [-0.2, 0) is 10.0 Å². The van der Waals surface area contributed by atoms with E-state index in [0.29, 0.717) is 26.2 Å². The summed E-state index contributed by atoms with van der Waals surface area (Å²) in [6, 6.07) is 11.2. The SMILES string of the molecule is O=S(=O)(c1ccc(F)c(Cl)c1)N1CCN(c2nc3ccccc3[nH]2)CC1. The van der Waals surface area contributed by atoms with E-state index in [1.54, 1.807) is 0 Å². The van der Waals surface area contributed by atoms with Gasteiger partial charge in [-0.25, -0.2) is 17.8 Å². The van der Waals surface area contributed by atoms with E-state index >= 15 is 0 Å². The average molecular weight is 395 g/mol. The number of anilines is 1. The zero-order chi connectivity index (χ0) is 18.3. The van der Waals surface area contributed by atoms with Crippen molar-refractivity contribution in [3.63, 3.8) is 0 Å². The lowest BCUT2D eigenvalue weighted by Gasteiger charge is -2.33. The lowest BCUT2D eigenvalue weighted by Crippen LogP contribution is -2.49. The molecule has 1 aliphatic rings. The van der Waals surface area contributed by atoms with E-state index in [4.69, 9.17) is 11.6 Å². The van der Waals surface area contributed by atoms with E-state index in [9.17, 15) is 12.8 Å². The molecule has 26 heavy (non-hydrogen) atoms. The van der Waals surface area contributed by atoms with Gasteiger partial charge < -0.3 is 9.88 Å². The van der Waals surface area contributed by atoms with Gasteiger partial charge in [0.05, 0.1) is 21.0 Å². The van der Waals surface area contributed by atoms with E-state index in [1.807, 2.05) is 29.2 Å². The summed E-state index contributed by atoms with van der Waals surface area (Å²) in [5.74, 6) is 0.0911. The van der Waals surface area contributed by atoms with Crippen LogP contribution in [0, 0.1) is 5.82 Å². The summed E-state index contributed by atoms with van der Waals surface area (Å²) in [5.41, 5.74) is 1.82. The van der Waals surface area contributed by atoms with Gasteiger partial charge in [0.1, 0.15) is 5.82 Å². The number of hydrogen-bond donors (Lipinski definition) is 1. The molecular formula is C17H16ClFN4O2S. The summed E-state index contributed by atoms with van der Waals surface area (Å²) in [5, 5.41) is -0.202. The molecule has 9 heteroatoms. The topological polar surface area (TPSA) is 69.3 Å². The average Bonchev–Trinajstić information content (AvgIpc) is 3.08. The van der Waals surface area contributed by atoms with Gasteiger partial charge in [0, 0.05) is 26.2 Å². The molecule has 0 spiro atoms. The van der Waals surface area contributed by atoms with Crippen LogP contribution in [0.1, 0.15) is 0 Å². The van der Waals surface area contributed by atoms with Crippen molar-refractivity contribution in [3.8, 4) is 0 Å². The number of sulfonamides is 1. The summed E-state index contributed by atoms with van der Waals surface area (Å²) < 4.78 is 40.2. The Morgan fingerprint density at radius 3 is 2.50 bits per heavy atom. The van der Waals surface area contributed by atoms with Crippen molar-refractivity contribution in [1.29, 1.82) is 0 Å². The highest BCUT2D eigenvalue weighted by molar-refractivity contribution is 7.89. The summed E-state index contributed by atoms with van der Waals surface area (Å²) >= 11 is 5.72. The predicted molar refractivity (Wildman–Crippen MR) is 98.5 cm³/mol. The molecule has 0 atom stereocenters. The predicted octanol–water partition coefficient (Wildman–Crippen LogP) is 2.87. The Labute approximate surface area is 155 Å². The van der Waals surface area contributed by atoms with E-state index in [2.05, 4.69) is 9.97 Å². The fraction of sp³-hybridized carbons (Fsp3) is 0.235. The minimum absolute atomic E-state index is 0.00101. The summed E-state index contributed by atoms with van der Waals surface area (Å²) in [6.45, 7) is 1.64. The first-order valence-electron chi connectivity index (χ1n) is 8.10. The highest BCUT2D eigenvalue weighted by atomic mass is 35.5. The van der Waals surface area contributed by atoms with Crippen molar-refractivity contribution in [2.75, 3.05) is 31.1 Å². The molecule has 4 rings (SSSR count). The molecule has 1 N–H and O–H groups in total. The molecule has 6 nitrogen and oxygen atoms in total. The van der Waals surface area contributed by atoms with E-state index in [0.717, 1.165) is 29.1 Å². The van der Waals surface area contributed by atoms with Crippen molar-refractivity contribution in [3.05, 3.63) is 53.3 Å². The Morgan fingerprint density at radius 2 is 1.81 bits per heavy atom. The molecule has 136 valence electrons. The van der Waals surface area contributed by atoms with E-state index < -0.39 is 15.8 Å². The van der Waals surface area contributed by atoms with Crippen LogP contribution >= 0.6 is 11.6 Å². The van der Waals surface area contributed by atoms with Crippen LogP contribution in [0.15, 0.2) is 47.4 Å². The number of H-pyrrole nitrogens is 1. The normalized spacial score (nSPS) is 16.3. The Morgan fingerprint density at radius 1 is 1.08 bits per heavy atom. The van der Waals surface area contributed by atoms with Crippen molar-refractivity contribution >= 4 is 38.6 Å². The number of para-hydroxylation sites is 2. The number of imidazole rings is 1. The van der Waals surface area contributed by atoms with Crippen LogP contribution in [0.25, 0.3) is 11.0 Å². The summed E-state index contributed by atoms with van der Waals surface area (Å²) in [7, 11) is -3.71. The van der Waals surface area contributed by atoms with Crippen molar-refractivity contribution in [2.24, 2.45) is 0 Å². The number of nitrogens with zero attached hydrogens (tertiary/aromatic N) is 3. The monoisotopic (exact) mass is 394 g/mol. The number of benzene rings is 2. The van der Waals surface area contributed by atoms with Gasteiger partial charge in [-0.1, -0.05) is 23.7 Å². The second-order valence-electron chi connectivity index (χ2n) is 6.04. The molecule has 1 fully saturated rings. The summed E-state index contributed by atoms with van der Waals surface area (Å²) in [4.78, 5) is 9.82. The van der Waals surface area contributed by atoms with Gasteiger partial charge in [0.2, 0.25) is 16.0 Å². The molecule has 0 bridgehead atoms. The first kappa shape index (κ1) is 17.3. The molecule has 2 heterocycles. The minimum atomic E-state index is -3.71. The zero-order valence-electron chi connectivity index (χ0n) is 13.7. The molecule has 1 aliphatic heterocycles. The first-order valence-corrected chi connectivity index (χ1v) is 9.92. The molecular weight excluding hydrogens is 379 g/mol. The fourth-order valence-electron chi connectivity index (χ4n) is 3.02. The van der Waals surface area contributed by atoms with Crippen LogP contribution in [0.3, 0.4) is 0 Å². The molecule has 1 saturated heterocycles. The molecule has 0 radical (unpaired) electrons. The maximum absolute atomic E-state index is 13.3. The molecule has 3 aromatic rings. The molecule has 1 aromatic heterocycles. The standard InChI is InChI=1S/C17H16ClFN4O2S/c18-13-11-12(5-6-14(13)19)26(24,25)23-9-7-22(8-10-23)17-20-15-3-1-2-4-16(15)21-17/h1-6,11H,7-10H2,(H,20,21). The maximum Gasteiger partial charge on any atom is 0.243 e. The van der Waals surface area contributed by atoms with E-state index in [-0.39, 0.29) is 9.92 Å². The van der Waals surface area contributed by atoms with E-state index in [1.165, 1.54) is 10.4 Å². The number of aromatic amines is 1. The third kappa shape index (κ3) is 3.04. The van der Waals surface area contributed by atoms with Gasteiger partial charge in [-0.2, -0.15) is 4.31 Å². The lowest BCUT2D eigenvalue weighted by molar-refractivity contribution is 0.383. The Balaban J connectivity index is 1.51. The zero-order valence-corrected chi connectivity index (χ0v) is 15.3. The number of halogens is 2. The number of piperazine rings is 1. The van der Waals surface area contributed by atoms with Crippen LogP contribution < -0.4 is 4.90 Å². The van der Waals surface area contributed by atoms with Gasteiger partial charge >= 0.3 is 0 Å². The highest BCUT2D eigenvalue weighted by Gasteiger charge is 2.29. The number of hydrogen-bond acceptors (Lipinski definition) is 4. The second kappa shape index (κ2) is 6.53. The van der Waals surface area contributed by atoms with Crippen molar-refractivity contribution in [2.45, 2.75) is 4.90 Å². The van der Waals surface area contributed by atoms with Crippen LogP contribution in [0.4, 0.5) is 10.3 Å². The molecule has 0 unspecified atom stereocenters. The number of fused-ring (bicyclic) bond motifs is 1. The van der Waals surface area contributed by atoms with Crippen LogP contribution in [0.2, 0.25) is 5.02 Å². The largest absolute Gasteiger partial charge is 0.340 e. The minimum Gasteiger partial charge on any atom is -0.340 e. The number of rotatable bonds is 3. The second-order valence-corrected chi connectivity index (χ2v) is 8.39. The smallest absolute Gasteiger partial charge is 0.243 e. The summed E-state index contributed by atoms with van der Waals surface area (Å²) in [6.07, 6.45) is 0. The highest BCUT2D eigenvalue weighted by Crippen LogP contribution is 2.24. The van der Waals surface area contributed by atoms with Gasteiger partial charge in [-0.05, 0) is 30.3 Å². The van der Waals surface area contributed by atoms with Gasteiger partial charge in [-0.3, -0.25) is 0 Å². The van der Waals surface area contributed by atoms with Gasteiger partial charge in [0.25, 0.3) is 0 Å². The number of nitrogens with one attached hydrogen (secondary N) is 1. The molecule has 0 saturated carbocycles. The third-order valence-electron chi connectivity index (χ3n) is 4.44. The molecule has 2 aromatic carbocycles. The quantitative estimate of drug-likeness (QED) is 0.741. The molecule has 0 amide bonds. The van der Waals surface area contributed by atoms with Gasteiger partial charge in [-0.15, -0.1) is 0 Å². The Bertz CT molecular complexity index is 1030. The molecule has 0 aliphatic carbocycles. The Hall–Kier alpha value is -2.16. The van der Waals surface area contributed by atoms with Crippen molar-refractivity contribution < 1.29 is 12.8 Å². The fourth-order valence-corrected chi connectivity index (χ4v) is 4.71. The van der Waals surface area contributed by atoms with Crippen LogP contribution in [-0.4, -0.2) is 48.9 Å². The van der Waals surface area contributed by atoms with Gasteiger partial charge in [0.15, 0.2) is 0 Å². The maximum atomic E-state index is 13.3. The Kier molecular flexibility index (Phi) is 4.34. The lowest BCUT2D eigenvalue weighted by atomic mass is 10.3. The van der Waals surface area contributed by atoms with Crippen LogP contribution in [0.5, 0.6) is 0 Å². The number of aromatic nitrogens is 2. The third-order valence-corrected chi connectivity index (χ3v) is 6.63. The first-order chi connectivity index (χ1) is 12.4. The van der Waals surface area contributed by atoms with Crippen molar-refractivity contribution in [1.82, 2.24) is 14.3 Å².